The van der Waals surface area contributed by atoms with Gasteiger partial charge >= 0.3 is 5.97 Å². The SMILES string of the molecule is CCc1ccc(NCCNc2ccc3c4c(cccc24)C(=O)N(CC(=O)O)C3=O)cc1. The number of nitrogens with zero attached hydrogens (tertiary/aromatic N) is 1. The zero-order valence-corrected chi connectivity index (χ0v) is 17.1. The third-order valence-electron chi connectivity index (χ3n) is 5.42. The third kappa shape index (κ3) is 3.94. The molecule has 3 aromatic carbocycles. The Labute approximate surface area is 179 Å². The van der Waals surface area contributed by atoms with Crippen molar-refractivity contribution in [2.24, 2.45) is 0 Å². The molecule has 4 rings (SSSR count). The first kappa shape index (κ1) is 20.4. The summed E-state index contributed by atoms with van der Waals surface area (Å²) in [6.45, 7) is 2.80. The Kier molecular flexibility index (Phi) is 5.58. The van der Waals surface area contributed by atoms with Gasteiger partial charge in [0.15, 0.2) is 0 Å². The summed E-state index contributed by atoms with van der Waals surface area (Å²) in [6.07, 6.45) is 1.01. The lowest BCUT2D eigenvalue weighted by molar-refractivity contribution is -0.137. The summed E-state index contributed by atoms with van der Waals surface area (Å²) in [7, 11) is 0. The Hall–Kier alpha value is -3.87. The zero-order chi connectivity index (χ0) is 22.0. The molecule has 0 aromatic heterocycles. The van der Waals surface area contributed by atoms with Crippen molar-refractivity contribution < 1.29 is 19.5 Å². The number of benzene rings is 3. The average molecular weight is 417 g/mol. The highest BCUT2D eigenvalue weighted by molar-refractivity contribution is 6.27. The topological polar surface area (TPSA) is 98.7 Å². The molecule has 3 N–H and O–H groups in total. The van der Waals surface area contributed by atoms with E-state index in [1.807, 2.05) is 6.07 Å². The molecular formula is C24H23N3O4. The van der Waals surface area contributed by atoms with Gasteiger partial charge in [-0.2, -0.15) is 0 Å². The van der Waals surface area contributed by atoms with E-state index in [9.17, 15) is 14.4 Å². The number of hydrogen-bond acceptors (Lipinski definition) is 5. The smallest absolute Gasteiger partial charge is 0.323 e. The second kappa shape index (κ2) is 8.47. The van der Waals surface area contributed by atoms with E-state index < -0.39 is 24.3 Å². The Morgan fingerprint density at radius 2 is 1.58 bits per heavy atom. The Morgan fingerprint density at radius 1 is 0.903 bits per heavy atom. The highest BCUT2D eigenvalue weighted by atomic mass is 16.4. The van der Waals surface area contributed by atoms with Crippen molar-refractivity contribution in [3.63, 3.8) is 0 Å². The molecule has 1 aliphatic rings. The molecule has 1 aliphatic heterocycles. The van der Waals surface area contributed by atoms with Gasteiger partial charge in [0.1, 0.15) is 6.54 Å². The van der Waals surface area contributed by atoms with Crippen LogP contribution in [0.25, 0.3) is 10.8 Å². The molecule has 2 amide bonds. The summed E-state index contributed by atoms with van der Waals surface area (Å²) in [4.78, 5) is 37.3. The van der Waals surface area contributed by atoms with Crippen LogP contribution in [0.2, 0.25) is 0 Å². The maximum atomic E-state index is 12.7. The first-order valence-corrected chi connectivity index (χ1v) is 10.2. The molecule has 0 atom stereocenters. The second-order valence-corrected chi connectivity index (χ2v) is 7.38. The Bertz CT molecular complexity index is 1150. The van der Waals surface area contributed by atoms with Gasteiger partial charge in [0.25, 0.3) is 11.8 Å². The molecule has 0 saturated carbocycles. The summed E-state index contributed by atoms with van der Waals surface area (Å²) < 4.78 is 0. The summed E-state index contributed by atoms with van der Waals surface area (Å²) in [5.74, 6) is -2.40. The van der Waals surface area contributed by atoms with Gasteiger partial charge < -0.3 is 15.7 Å². The molecule has 0 fully saturated rings. The Morgan fingerprint density at radius 3 is 2.26 bits per heavy atom. The van der Waals surface area contributed by atoms with Gasteiger partial charge in [-0.3, -0.25) is 19.3 Å². The van der Waals surface area contributed by atoms with Crippen LogP contribution in [0.4, 0.5) is 11.4 Å². The van der Waals surface area contributed by atoms with Gasteiger partial charge in [-0.15, -0.1) is 0 Å². The van der Waals surface area contributed by atoms with Crippen LogP contribution in [0, 0.1) is 0 Å². The number of hydrogen-bond donors (Lipinski definition) is 3. The normalized spacial score (nSPS) is 12.9. The molecule has 158 valence electrons. The van der Waals surface area contributed by atoms with Crippen molar-refractivity contribution >= 4 is 39.9 Å². The molecule has 0 saturated heterocycles. The van der Waals surface area contributed by atoms with E-state index in [0.717, 1.165) is 28.1 Å². The van der Waals surface area contributed by atoms with E-state index in [2.05, 4.69) is 41.8 Å². The van der Waals surface area contributed by atoms with Crippen LogP contribution in [0.3, 0.4) is 0 Å². The van der Waals surface area contributed by atoms with E-state index >= 15 is 0 Å². The third-order valence-corrected chi connectivity index (χ3v) is 5.42. The number of imide groups is 1. The standard InChI is InChI=1S/C24H23N3O4/c1-2-15-6-8-16(9-7-15)25-12-13-26-20-11-10-19-22-17(20)4-3-5-18(22)23(30)27(24(19)31)14-21(28)29/h3-11,25-26H,2,12-14H2,1H3,(H,28,29). The lowest BCUT2D eigenvalue weighted by Crippen LogP contribution is -2.43. The van der Waals surface area contributed by atoms with E-state index in [-0.39, 0.29) is 0 Å². The van der Waals surface area contributed by atoms with Gasteiger partial charge in [-0.1, -0.05) is 31.2 Å². The van der Waals surface area contributed by atoms with Crippen molar-refractivity contribution in [2.75, 3.05) is 30.3 Å². The van der Waals surface area contributed by atoms with Crippen molar-refractivity contribution in [1.29, 1.82) is 0 Å². The minimum atomic E-state index is -1.23. The van der Waals surface area contributed by atoms with Crippen LogP contribution in [0.15, 0.2) is 54.6 Å². The highest BCUT2D eigenvalue weighted by Gasteiger charge is 2.34. The van der Waals surface area contributed by atoms with Gasteiger partial charge in [-0.25, -0.2) is 0 Å². The number of anilines is 2. The maximum absolute atomic E-state index is 12.7. The molecule has 7 nitrogen and oxygen atoms in total. The van der Waals surface area contributed by atoms with Gasteiger partial charge in [-0.05, 0) is 42.3 Å². The summed E-state index contributed by atoms with van der Waals surface area (Å²) in [5, 5.41) is 17.1. The number of carbonyl (C=O) groups is 3. The van der Waals surface area contributed by atoms with Crippen LogP contribution in [-0.4, -0.2) is 47.4 Å². The van der Waals surface area contributed by atoms with Gasteiger partial charge in [0, 0.05) is 46.4 Å². The zero-order valence-electron chi connectivity index (χ0n) is 17.1. The second-order valence-electron chi connectivity index (χ2n) is 7.38. The van der Waals surface area contributed by atoms with E-state index in [1.54, 1.807) is 24.3 Å². The molecule has 3 aromatic rings. The fourth-order valence-corrected chi connectivity index (χ4v) is 3.84. The van der Waals surface area contributed by atoms with Crippen LogP contribution < -0.4 is 10.6 Å². The number of carboxylic acid groups (broad SMARTS) is 1. The predicted molar refractivity (Wildman–Crippen MR) is 120 cm³/mol. The number of carbonyl (C=O) groups excluding carboxylic acids is 2. The average Bonchev–Trinajstić information content (AvgIpc) is 2.78. The molecule has 0 aliphatic carbocycles. The fraction of sp³-hybridized carbons (Fsp3) is 0.208. The summed E-state index contributed by atoms with van der Waals surface area (Å²) in [6, 6.07) is 17.0. The lowest BCUT2D eigenvalue weighted by Gasteiger charge is -2.26. The first-order chi connectivity index (χ1) is 15.0. The molecule has 31 heavy (non-hydrogen) atoms. The quantitative estimate of drug-likeness (QED) is 0.383. The molecular weight excluding hydrogens is 394 g/mol. The molecule has 0 radical (unpaired) electrons. The molecule has 0 unspecified atom stereocenters. The summed E-state index contributed by atoms with van der Waals surface area (Å²) in [5.41, 5.74) is 3.83. The van der Waals surface area contributed by atoms with E-state index in [4.69, 9.17) is 5.11 Å². The molecule has 7 heteroatoms. The number of aliphatic carboxylic acids is 1. The van der Waals surface area contributed by atoms with Crippen LogP contribution in [0.1, 0.15) is 33.2 Å². The van der Waals surface area contributed by atoms with Gasteiger partial charge in [0.05, 0.1) is 0 Å². The number of carboxylic acids is 1. The lowest BCUT2D eigenvalue weighted by atomic mass is 9.93. The summed E-state index contributed by atoms with van der Waals surface area (Å²) >= 11 is 0. The fourth-order valence-electron chi connectivity index (χ4n) is 3.84. The van der Waals surface area contributed by atoms with Crippen molar-refractivity contribution in [3.05, 3.63) is 71.3 Å². The minimum absolute atomic E-state index is 0.339. The highest BCUT2D eigenvalue weighted by Crippen LogP contribution is 2.34. The van der Waals surface area contributed by atoms with Crippen LogP contribution >= 0.6 is 0 Å². The van der Waals surface area contributed by atoms with Crippen molar-refractivity contribution in [3.8, 4) is 0 Å². The molecule has 1 heterocycles. The molecule has 0 spiro atoms. The number of nitrogens with one attached hydrogen (secondary N) is 2. The van der Waals surface area contributed by atoms with Crippen LogP contribution in [-0.2, 0) is 11.2 Å². The van der Waals surface area contributed by atoms with Crippen molar-refractivity contribution in [1.82, 2.24) is 4.90 Å². The van der Waals surface area contributed by atoms with E-state index in [1.165, 1.54) is 5.56 Å². The monoisotopic (exact) mass is 417 g/mol. The minimum Gasteiger partial charge on any atom is -0.480 e. The largest absolute Gasteiger partial charge is 0.480 e. The van der Waals surface area contributed by atoms with E-state index in [0.29, 0.717) is 29.6 Å². The van der Waals surface area contributed by atoms with Crippen LogP contribution in [0.5, 0.6) is 0 Å². The number of rotatable bonds is 8. The predicted octanol–water partition coefficient (Wildman–Crippen LogP) is 3.61. The Balaban J connectivity index is 1.52. The first-order valence-electron chi connectivity index (χ1n) is 10.2. The van der Waals surface area contributed by atoms with Crippen molar-refractivity contribution in [2.45, 2.75) is 13.3 Å². The maximum Gasteiger partial charge on any atom is 0.323 e. The van der Waals surface area contributed by atoms with Gasteiger partial charge in [0.2, 0.25) is 0 Å². The molecule has 0 bridgehead atoms. The number of amides is 2. The number of aryl methyl sites for hydroxylation is 1.